The fourth-order valence-electron chi connectivity index (χ4n) is 2.85. The number of rotatable bonds is 4. The van der Waals surface area contributed by atoms with Gasteiger partial charge in [-0.15, -0.1) is 0 Å². The lowest BCUT2D eigenvalue weighted by Crippen LogP contribution is -2.01. The molecule has 2 N–H and O–H groups in total. The van der Waals surface area contributed by atoms with Crippen LogP contribution < -0.4 is 0 Å². The number of carbonyl (C=O) groups is 1. The van der Waals surface area contributed by atoms with Crippen LogP contribution in [0.15, 0.2) is 42.5 Å². The summed E-state index contributed by atoms with van der Waals surface area (Å²) in [5.74, 6) is -0.398. The third-order valence-corrected chi connectivity index (χ3v) is 4.40. The molecular weight excluding hydrogens is 310 g/mol. The molecule has 0 aliphatic rings. The predicted octanol–water partition coefficient (Wildman–Crippen LogP) is 5.24. The van der Waals surface area contributed by atoms with Crippen molar-refractivity contribution in [2.75, 3.05) is 0 Å². The second kappa shape index (κ2) is 6.09. The zero-order chi connectivity index (χ0) is 16.6. The molecule has 0 bridgehead atoms. The Morgan fingerprint density at radius 2 is 1.87 bits per heavy atom. The quantitative estimate of drug-likeness (QED) is 0.688. The molecule has 1 aromatic heterocycles. The van der Waals surface area contributed by atoms with Crippen LogP contribution in [0.2, 0.25) is 5.02 Å². The van der Waals surface area contributed by atoms with Crippen molar-refractivity contribution < 1.29 is 9.90 Å². The van der Waals surface area contributed by atoms with Gasteiger partial charge in [0.2, 0.25) is 0 Å². The van der Waals surface area contributed by atoms with Crippen molar-refractivity contribution in [3.63, 3.8) is 0 Å². The molecule has 0 amide bonds. The minimum absolute atomic E-state index is 0.0401. The summed E-state index contributed by atoms with van der Waals surface area (Å²) in [6, 6.07) is 13.8. The van der Waals surface area contributed by atoms with E-state index in [2.05, 4.69) is 31.0 Å². The van der Waals surface area contributed by atoms with Gasteiger partial charge in [-0.25, -0.2) is 0 Å². The highest BCUT2D eigenvalue weighted by Gasteiger charge is 2.17. The number of aromatic amines is 1. The fourth-order valence-corrected chi connectivity index (χ4v) is 3.08. The second-order valence-corrected chi connectivity index (χ2v) is 6.40. The molecule has 0 saturated heterocycles. The van der Waals surface area contributed by atoms with E-state index in [9.17, 15) is 9.90 Å². The highest BCUT2D eigenvalue weighted by Crippen LogP contribution is 2.34. The van der Waals surface area contributed by atoms with Gasteiger partial charge in [-0.2, -0.15) is 0 Å². The van der Waals surface area contributed by atoms with Crippen molar-refractivity contribution in [1.82, 2.24) is 4.98 Å². The third-order valence-electron chi connectivity index (χ3n) is 4.08. The normalized spacial score (nSPS) is 11.3. The van der Waals surface area contributed by atoms with Gasteiger partial charge in [-0.3, -0.25) is 4.79 Å². The van der Waals surface area contributed by atoms with Crippen molar-refractivity contribution in [2.45, 2.75) is 26.2 Å². The van der Waals surface area contributed by atoms with E-state index in [0.717, 1.165) is 27.7 Å². The Bertz CT molecular complexity index is 863. The molecule has 3 nitrogen and oxygen atoms in total. The molecule has 23 heavy (non-hydrogen) atoms. The van der Waals surface area contributed by atoms with Crippen LogP contribution in [-0.2, 0) is 11.2 Å². The first-order valence-electron chi connectivity index (χ1n) is 7.58. The first-order chi connectivity index (χ1) is 11.0. The molecule has 1 heterocycles. The average Bonchev–Trinajstić information content (AvgIpc) is 2.87. The van der Waals surface area contributed by atoms with E-state index in [1.54, 1.807) is 6.07 Å². The number of aromatic nitrogens is 1. The maximum atomic E-state index is 11.3. The summed E-state index contributed by atoms with van der Waals surface area (Å²) in [5.41, 5.74) is 4.60. The summed E-state index contributed by atoms with van der Waals surface area (Å²) in [7, 11) is 0. The first kappa shape index (κ1) is 15.6. The monoisotopic (exact) mass is 327 g/mol. The van der Waals surface area contributed by atoms with Crippen LogP contribution >= 0.6 is 11.6 Å². The lowest BCUT2D eigenvalue weighted by Gasteiger charge is -2.07. The summed E-state index contributed by atoms with van der Waals surface area (Å²) in [4.78, 5) is 14.6. The Balaban J connectivity index is 2.19. The van der Waals surface area contributed by atoms with Crippen molar-refractivity contribution in [3.05, 3.63) is 58.6 Å². The van der Waals surface area contributed by atoms with E-state index in [1.807, 2.05) is 24.3 Å². The maximum absolute atomic E-state index is 11.3. The van der Waals surface area contributed by atoms with Crippen molar-refractivity contribution >= 4 is 28.5 Å². The summed E-state index contributed by atoms with van der Waals surface area (Å²) >= 11 is 6.25. The van der Waals surface area contributed by atoms with Gasteiger partial charge in [0, 0.05) is 5.39 Å². The zero-order valence-electron chi connectivity index (χ0n) is 13.1. The largest absolute Gasteiger partial charge is 0.481 e. The van der Waals surface area contributed by atoms with E-state index in [4.69, 9.17) is 11.6 Å². The highest BCUT2D eigenvalue weighted by atomic mass is 35.5. The standard InChI is InChI=1S/C19H18ClNO2/c1-11(2)12-6-8-13(9-7-12)18-15(10-17(22)23)14-4-3-5-16(20)19(14)21-18/h3-9,11,21H,10H2,1-2H3,(H,22,23). The van der Waals surface area contributed by atoms with Crippen LogP contribution in [0.5, 0.6) is 0 Å². The lowest BCUT2D eigenvalue weighted by atomic mass is 9.98. The van der Waals surface area contributed by atoms with Crippen molar-refractivity contribution in [1.29, 1.82) is 0 Å². The van der Waals surface area contributed by atoms with Crippen LogP contribution in [-0.4, -0.2) is 16.1 Å². The summed E-state index contributed by atoms with van der Waals surface area (Å²) in [6.45, 7) is 4.29. The maximum Gasteiger partial charge on any atom is 0.307 e. The van der Waals surface area contributed by atoms with Gasteiger partial charge in [0.1, 0.15) is 0 Å². The number of carboxylic acids is 1. The Hall–Kier alpha value is -2.26. The smallest absolute Gasteiger partial charge is 0.307 e. The number of benzene rings is 2. The van der Waals surface area contributed by atoms with Gasteiger partial charge < -0.3 is 10.1 Å². The predicted molar refractivity (Wildman–Crippen MR) is 94.2 cm³/mol. The molecule has 0 saturated carbocycles. The molecule has 0 aliphatic heterocycles. The number of halogens is 1. The number of hydrogen-bond acceptors (Lipinski definition) is 1. The molecule has 0 fully saturated rings. The van der Waals surface area contributed by atoms with Gasteiger partial charge in [0.05, 0.1) is 22.7 Å². The topological polar surface area (TPSA) is 53.1 Å². The third kappa shape index (κ3) is 2.97. The van der Waals surface area contributed by atoms with Crippen molar-refractivity contribution in [3.8, 4) is 11.3 Å². The van der Waals surface area contributed by atoms with Crippen LogP contribution in [0.3, 0.4) is 0 Å². The number of aliphatic carboxylic acids is 1. The molecule has 4 heteroatoms. The molecule has 3 aromatic rings. The number of carboxylic acid groups (broad SMARTS) is 1. The molecule has 2 aromatic carbocycles. The lowest BCUT2D eigenvalue weighted by molar-refractivity contribution is -0.136. The average molecular weight is 328 g/mol. The van der Waals surface area contributed by atoms with E-state index < -0.39 is 5.97 Å². The highest BCUT2D eigenvalue weighted by molar-refractivity contribution is 6.35. The minimum atomic E-state index is -0.856. The SMILES string of the molecule is CC(C)c1ccc(-c2[nH]c3c(Cl)cccc3c2CC(=O)O)cc1. The van der Waals surface area contributed by atoms with Gasteiger partial charge >= 0.3 is 5.97 Å². The number of H-pyrrole nitrogens is 1. The Kier molecular flexibility index (Phi) is 4.14. The van der Waals surface area contributed by atoms with Gasteiger partial charge in [-0.1, -0.05) is 61.8 Å². The molecule has 0 radical (unpaired) electrons. The minimum Gasteiger partial charge on any atom is -0.481 e. The van der Waals surface area contributed by atoms with Crippen LogP contribution in [0.1, 0.15) is 30.9 Å². The molecule has 0 spiro atoms. The zero-order valence-corrected chi connectivity index (χ0v) is 13.8. The first-order valence-corrected chi connectivity index (χ1v) is 7.96. The molecular formula is C19H18ClNO2. The number of hydrogen-bond donors (Lipinski definition) is 2. The molecule has 3 rings (SSSR count). The van der Waals surface area contributed by atoms with Crippen LogP contribution in [0, 0.1) is 0 Å². The number of fused-ring (bicyclic) bond motifs is 1. The number of nitrogens with one attached hydrogen (secondary N) is 1. The molecule has 118 valence electrons. The van der Waals surface area contributed by atoms with Gasteiger partial charge in [-0.05, 0) is 28.7 Å². The van der Waals surface area contributed by atoms with E-state index in [-0.39, 0.29) is 6.42 Å². The number of para-hydroxylation sites is 1. The Labute approximate surface area is 139 Å². The van der Waals surface area contributed by atoms with Crippen molar-refractivity contribution in [2.24, 2.45) is 0 Å². The Morgan fingerprint density at radius 1 is 1.17 bits per heavy atom. The van der Waals surface area contributed by atoms with E-state index in [0.29, 0.717) is 10.9 Å². The summed E-state index contributed by atoms with van der Waals surface area (Å²) < 4.78 is 0. The molecule has 0 atom stereocenters. The summed E-state index contributed by atoms with van der Waals surface area (Å²) in [6.07, 6.45) is -0.0401. The summed E-state index contributed by atoms with van der Waals surface area (Å²) in [5, 5.41) is 10.7. The van der Waals surface area contributed by atoms with E-state index >= 15 is 0 Å². The molecule has 0 aliphatic carbocycles. The van der Waals surface area contributed by atoms with Gasteiger partial charge in [0.15, 0.2) is 0 Å². The molecule has 0 unspecified atom stereocenters. The Morgan fingerprint density at radius 3 is 2.48 bits per heavy atom. The van der Waals surface area contributed by atoms with E-state index in [1.165, 1.54) is 5.56 Å². The van der Waals surface area contributed by atoms with Gasteiger partial charge in [0.25, 0.3) is 0 Å². The second-order valence-electron chi connectivity index (χ2n) is 5.99. The fraction of sp³-hybridized carbons (Fsp3) is 0.211. The van der Waals surface area contributed by atoms with Crippen LogP contribution in [0.4, 0.5) is 0 Å². The van der Waals surface area contributed by atoms with Crippen LogP contribution in [0.25, 0.3) is 22.2 Å².